The molecule has 1 aromatic heterocycles. The maximum absolute atomic E-state index is 12.9. The van der Waals surface area contributed by atoms with Gasteiger partial charge in [-0.15, -0.1) is 0 Å². The number of hydrogen-bond acceptors (Lipinski definition) is 4. The Morgan fingerprint density at radius 1 is 1.24 bits per heavy atom. The molecule has 29 heavy (non-hydrogen) atoms. The summed E-state index contributed by atoms with van der Waals surface area (Å²) in [6, 6.07) is 8.21. The van der Waals surface area contributed by atoms with Crippen molar-refractivity contribution >= 4 is 17.5 Å². The highest BCUT2D eigenvalue weighted by Crippen LogP contribution is 2.27. The van der Waals surface area contributed by atoms with E-state index in [2.05, 4.69) is 41.3 Å². The summed E-state index contributed by atoms with van der Waals surface area (Å²) in [7, 11) is 1.67. The predicted molar refractivity (Wildman–Crippen MR) is 116 cm³/mol. The number of methoxy groups -OCH3 is 1. The molecule has 0 bridgehead atoms. The molecule has 0 aliphatic carbocycles. The molecule has 1 aromatic carbocycles. The first-order valence-corrected chi connectivity index (χ1v) is 10.7. The van der Waals surface area contributed by atoms with Crippen LogP contribution in [0.2, 0.25) is 5.15 Å². The third-order valence-electron chi connectivity index (χ3n) is 5.37. The Morgan fingerprint density at radius 2 is 1.90 bits per heavy atom. The number of amides is 1. The van der Waals surface area contributed by atoms with Gasteiger partial charge >= 0.3 is 0 Å². The van der Waals surface area contributed by atoms with Gasteiger partial charge in [-0.3, -0.25) is 14.4 Å². The molecule has 6 nitrogen and oxygen atoms in total. The number of carbonyl (C=O) groups is 1. The standard InChI is InChI=1S/C22H31ClN4O2/c1-15(2)14-27-21(23)20(16(3)25-27)22(28)24-13-19(26-11-5-6-12-26)17-7-9-18(29-4)10-8-17/h7-10,15,19H,5-6,11-14H2,1-4H3,(H,24,28)/t19-/m1/s1. The fourth-order valence-corrected chi connectivity index (χ4v) is 4.22. The molecule has 1 aliphatic rings. The Balaban J connectivity index is 1.75. The first-order chi connectivity index (χ1) is 13.9. The fraction of sp³-hybridized carbons (Fsp3) is 0.545. The van der Waals surface area contributed by atoms with Crippen molar-refractivity contribution in [2.24, 2.45) is 5.92 Å². The monoisotopic (exact) mass is 418 g/mol. The van der Waals surface area contributed by atoms with Crippen LogP contribution in [0.15, 0.2) is 24.3 Å². The molecular weight excluding hydrogens is 388 g/mol. The van der Waals surface area contributed by atoms with Gasteiger partial charge in [-0.05, 0) is 56.5 Å². The van der Waals surface area contributed by atoms with Crippen molar-refractivity contribution < 1.29 is 9.53 Å². The average molecular weight is 419 g/mol. The van der Waals surface area contributed by atoms with E-state index >= 15 is 0 Å². The van der Waals surface area contributed by atoms with Gasteiger partial charge < -0.3 is 10.1 Å². The van der Waals surface area contributed by atoms with Crippen LogP contribution in [-0.4, -0.2) is 47.3 Å². The number of halogens is 1. The molecule has 0 radical (unpaired) electrons. The second kappa shape index (κ2) is 9.63. The highest BCUT2D eigenvalue weighted by atomic mass is 35.5. The van der Waals surface area contributed by atoms with Crippen molar-refractivity contribution in [1.29, 1.82) is 0 Å². The smallest absolute Gasteiger partial charge is 0.256 e. The molecule has 1 N–H and O–H groups in total. The molecule has 3 rings (SSSR count). The molecule has 158 valence electrons. The van der Waals surface area contributed by atoms with Gasteiger partial charge in [-0.1, -0.05) is 37.6 Å². The number of ether oxygens (including phenoxy) is 1. The van der Waals surface area contributed by atoms with Crippen LogP contribution in [0.25, 0.3) is 0 Å². The van der Waals surface area contributed by atoms with E-state index in [9.17, 15) is 4.79 Å². The van der Waals surface area contributed by atoms with E-state index in [1.54, 1.807) is 11.8 Å². The molecule has 1 saturated heterocycles. The van der Waals surface area contributed by atoms with E-state index in [0.29, 0.717) is 35.4 Å². The Labute approximate surface area is 178 Å². The number of likely N-dealkylation sites (tertiary alicyclic amines) is 1. The van der Waals surface area contributed by atoms with Gasteiger partial charge in [0.1, 0.15) is 10.9 Å². The van der Waals surface area contributed by atoms with Crippen LogP contribution >= 0.6 is 11.6 Å². The summed E-state index contributed by atoms with van der Waals surface area (Å²) in [6.07, 6.45) is 2.38. The maximum atomic E-state index is 12.9. The molecule has 1 amide bonds. The Morgan fingerprint density at radius 3 is 2.48 bits per heavy atom. The van der Waals surface area contributed by atoms with Crippen molar-refractivity contribution in [3.05, 3.63) is 46.2 Å². The summed E-state index contributed by atoms with van der Waals surface area (Å²) in [5.74, 6) is 1.07. The summed E-state index contributed by atoms with van der Waals surface area (Å²) in [5.41, 5.74) is 2.31. The third-order valence-corrected chi connectivity index (χ3v) is 5.75. The van der Waals surface area contributed by atoms with Crippen LogP contribution in [0, 0.1) is 12.8 Å². The van der Waals surface area contributed by atoms with Gasteiger partial charge in [0.15, 0.2) is 0 Å². The number of nitrogens with one attached hydrogen (secondary N) is 1. The fourth-order valence-electron chi connectivity index (χ4n) is 3.89. The number of rotatable bonds is 8. The van der Waals surface area contributed by atoms with Crippen LogP contribution in [0.1, 0.15) is 54.3 Å². The minimum atomic E-state index is -0.166. The van der Waals surface area contributed by atoms with Crippen molar-refractivity contribution in [2.45, 2.75) is 46.2 Å². The first kappa shape index (κ1) is 21.7. The van der Waals surface area contributed by atoms with E-state index in [1.807, 2.05) is 19.1 Å². The van der Waals surface area contributed by atoms with E-state index in [0.717, 1.165) is 18.8 Å². The summed E-state index contributed by atoms with van der Waals surface area (Å²) < 4.78 is 7.00. The quantitative estimate of drug-likeness (QED) is 0.701. The largest absolute Gasteiger partial charge is 0.497 e. The van der Waals surface area contributed by atoms with Crippen molar-refractivity contribution in [3.63, 3.8) is 0 Å². The van der Waals surface area contributed by atoms with Gasteiger partial charge in [0.05, 0.1) is 24.4 Å². The minimum absolute atomic E-state index is 0.122. The lowest BCUT2D eigenvalue weighted by atomic mass is 10.0. The summed E-state index contributed by atoms with van der Waals surface area (Å²) in [4.78, 5) is 15.4. The topological polar surface area (TPSA) is 59.4 Å². The number of aryl methyl sites for hydroxylation is 1. The number of hydrogen-bond donors (Lipinski definition) is 1. The number of benzene rings is 1. The zero-order valence-corrected chi connectivity index (χ0v) is 18.5. The van der Waals surface area contributed by atoms with Crippen molar-refractivity contribution in [2.75, 3.05) is 26.7 Å². The lowest BCUT2D eigenvalue weighted by molar-refractivity contribution is 0.0937. The van der Waals surface area contributed by atoms with Crippen LogP contribution in [0.3, 0.4) is 0 Å². The Kier molecular flexibility index (Phi) is 7.19. The third kappa shape index (κ3) is 5.11. The van der Waals surface area contributed by atoms with Gasteiger partial charge in [0.25, 0.3) is 5.91 Å². The summed E-state index contributed by atoms with van der Waals surface area (Å²) in [6.45, 7) is 9.33. The lowest BCUT2D eigenvalue weighted by Crippen LogP contribution is -2.37. The highest BCUT2D eigenvalue weighted by Gasteiger charge is 2.26. The first-order valence-electron chi connectivity index (χ1n) is 10.3. The molecule has 0 spiro atoms. The molecule has 1 atom stereocenters. The second-order valence-corrected chi connectivity index (χ2v) is 8.43. The lowest BCUT2D eigenvalue weighted by Gasteiger charge is -2.28. The summed E-state index contributed by atoms with van der Waals surface area (Å²) >= 11 is 6.48. The van der Waals surface area contributed by atoms with Crippen molar-refractivity contribution in [3.8, 4) is 5.75 Å². The van der Waals surface area contributed by atoms with Gasteiger partial charge in [-0.25, -0.2) is 0 Å². The van der Waals surface area contributed by atoms with Crippen LogP contribution in [-0.2, 0) is 6.54 Å². The van der Waals surface area contributed by atoms with Gasteiger partial charge in [0.2, 0.25) is 0 Å². The van der Waals surface area contributed by atoms with Gasteiger partial charge in [-0.2, -0.15) is 5.10 Å². The number of carbonyl (C=O) groups excluding carboxylic acids is 1. The maximum Gasteiger partial charge on any atom is 0.256 e. The zero-order valence-electron chi connectivity index (χ0n) is 17.7. The zero-order chi connectivity index (χ0) is 21.0. The van der Waals surface area contributed by atoms with Gasteiger partial charge in [0, 0.05) is 13.1 Å². The predicted octanol–water partition coefficient (Wildman–Crippen LogP) is 4.08. The van der Waals surface area contributed by atoms with E-state index in [1.165, 1.54) is 18.4 Å². The van der Waals surface area contributed by atoms with Crippen molar-refractivity contribution in [1.82, 2.24) is 20.0 Å². The molecule has 1 fully saturated rings. The number of aromatic nitrogens is 2. The molecule has 2 heterocycles. The molecule has 2 aromatic rings. The SMILES string of the molecule is COc1ccc([C@@H](CNC(=O)c2c(C)nn(CC(C)C)c2Cl)N2CCCC2)cc1. The highest BCUT2D eigenvalue weighted by molar-refractivity contribution is 6.33. The van der Waals surface area contributed by atoms with E-state index in [4.69, 9.17) is 16.3 Å². The van der Waals surface area contributed by atoms with Crippen LogP contribution in [0.4, 0.5) is 0 Å². The molecular formula is C22H31ClN4O2. The second-order valence-electron chi connectivity index (χ2n) is 8.07. The number of nitrogens with zero attached hydrogens (tertiary/aromatic N) is 3. The molecule has 7 heteroatoms. The van der Waals surface area contributed by atoms with Crippen LogP contribution < -0.4 is 10.1 Å². The average Bonchev–Trinajstić information content (AvgIpc) is 3.31. The Hall–Kier alpha value is -2.05. The molecule has 1 aliphatic heterocycles. The van der Waals surface area contributed by atoms with E-state index < -0.39 is 0 Å². The normalized spacial score (nSPS) is 15.7. The molecule has 0 unspecified atom stereocenters. The summed E-state index contributed by atoms with van der Waals surface area (Å²) in [5, 5.41) is 7.97. The molecule has 0 saturated carbocycles. The Bertz CT molecular complexity index is 826. The minimum Gasteiger partial charge on any atom is -0.497 e. The van der Waals surface area contributed by atoms with E-state index in [-0.39, 0.29) is 11.9 Å². The van der Waals surface area contributed by atoms with Crippen LogP contribution in [0.5, 0.6) is 5.75 Å².